The number of piperidine rings is 1. The lowest BCUT2D eigenvalue weighted by atomic mass is 10.2. The number of benzene rings is 2. The molecular weight excluding hydrogens is 478 g/mol. The number of anilines is 1. The molecule has 0 saturated carbocycles. The third-order valence-electron chi connectivity index (χ3n) is 5.81. The highest BCUT2D eigenvalue weighted by Gasteiger charge is 2.29. The largest absolute Gasteiger partial charge is 0.495 e. The average molecular weight is 510 g/mol. The van der Waals surface area contributed by atoms with Gasteiger partial charge in [-0.05, 0) is 55.3 Å². The Kier molecular flexibility index (Phi) is 8.34. The van der Waals surface area contributed by atoms with Gasteiger partial charge < -0.3 is 10.1 Å². The molecule has 1 saturated heterocycles. The Labute approximate surface area is 201 Å². The Morgan fingerprint density at radius 1 is 0.971 bits per heavy atom. The molecule has 2 aromatic rings. The molecule has 1 fully saturated rings. The molecular formula is C23H31N3O6S2. The Balaban J connectivity index is 1.83. The molecule has 0 aliphatic carbocycles. The number of ether oxygens (including phenoxy) is 1. The number of nitrogens with zero attached hydrogens (tertiary/aromatic N) is 2. The van der Waals surface area contributed by atoms with E-state index in [9.17, 15) is 21.6 Å². The van der Waals surface area contributed by atoms with Crippen molar-refractivity contribution in [3.8, 4) is 5.75 Å². The molecule has 0 radical (unpaired) electrons. The molecule has 1 heterocycles. The highest BCUT2D eigenvalue weighted by Crippen LogP contribution is 2.31. The van der Waals surface area contributed by atoms with Crippen molar-refractivity contribution in [3.63, 3.8) is 0 Å². The number of hydrogen-bond acceptors (Lipinski definition) is 6. The molecule has 1 aliphatic heterocycles. The molecule has 0 bridgehead atoms. The van der Waals surface area contributed by atoms with Crippen LogP contribution in [0.5, 0.6) is 5.75 Å². The average Bonchev–Trinajstić information content (AvgIpc) is 2.85. The lowest BCUT2D eigenvalue weighted by molar-refractivity contribution is 0.102. The molecule has 1 amide bonds. The molecule has 0 unspecified atom stereocenters. The fourth-order valence-corrected chi connectivity index (χ4v) is 7.05. The maximum Gasteiger partial charge on any atom is 0.255 e. The molecule has 11 heteroatoms. The summed E-state index contributed by atoms with van der Waals surface area (Å²) in [5.74, 6) is -0.284. The molecule has 1 aliphatic rings. The summed E-state index contributed by atoms with van der Waals surface area (Å²) in [6.45, 7) is 5.12. The van der Waals surface area contributed by atoms with Crippen molar-refractivity contribution in [2.75, 3.05) is 38.6 Å². The monoisotopic (exact) mass is 509 g/mol. The first-order valence-corrected chi connectivity index (χ1v) is 14.1. The van der Waals surface area contributed by atoms with Crippen molar-refractivity contribution in [3.05, 3.63) is 48.0 Å². The van der Waals surface area contributed by atoms with Crippen molar-refractivity contribution in [1.29, 1.82) is 0 Å². The van der Waals surface area contributed by atoms with Crippen LogP contribution >= 0.6 is 0 Å². The lowest BCUT2D eigenvalue weighted by Crippen LogP contribution is -2.35. The quantitative estimate of drug-likeness (QED) is 0.556. The van der Waals surface area contributed by atoms with Gasteiger partial charge in [0.15, 0.2) is 0 Å². The summed E-state index contributed by atoms with van der Waals surface area (Å²) in [4.78, 5) is 12.9. The molecule has 1 N–H and O–H groups in total. The highest BCUT2D eigenvalue weighted by molar-refractivity contribution is 7.89. The van der Waals surface area contributed by atoms with E-state index in [4.69, 9.17) is 4.74 Å². The molecule has 186 valence electrons. The first-order chi connectivity index (χ1) is 16.1. The first kappa shape index (κ1) is 26.1. The van der Waals surface area contributed by atoms with Gasteiger partial charge in [0, 0.05) is 37.4 Å². The Morgan fingerprint density at radius 2 is 1.59 bits per heavy atom. The lowest BCUT2D eigenvalue weighted by Gasteiger charge is -2.26. The second-order valence-electron chi connectivity index (χ2n) is 7.90. The predicted octanol–water partition coefficient (Wildman–Crippen LogP) is 3.15. The highest BCUT2D eigenvalue weighted by atomic mass is 32.2. The maximum absolute atomic E-state index is 13.2. The second kappa shape index (κ2) is 10.9. The van der Waals surface area contributed by atoms with E-state index in [1.807, 2.05) is 0 Å². The Morgan fingerprint density at radius 3 is 2.15 bits per heavy atom. The van der Waals surface area contributed by atoms with Crippen LogP contribution in [0.15, 0.2) is 52.3 Å². The van der Waals surface area contributed by atoms with E-state index in [2.05, 4.69) is 5.32 Å². The summed E-state index contributed by atoms with van der Waals surface area (Å²) in [6.07, 6.45) is 2.60. The van der Waals surface area contributed by atoms with Crippen LogP contribution in [0.2, 0.25) is 0 Å². The van der Waals surface area contributed by atoms with Crippen LogP contribution in [0.3, 0.4) is 0 Å². The summed E-state index contributed by atoms with van der Waals surface area (Å²) in [6, 6.07) is 10.1. The fraction of sp³-hybridized carbons (Fsp3) is 0.435. The van der Waals surface area contributed by atoms with E-state index in [-0.39, 0.29) is 21.1 Å². The van der Waals surface area contributed by atoms with E-state index in [0.717, 1.165) is 19.3 Å². The number of rotatable bonds is 9. The van der Waals surface area contributed by atoms with Gasteiger partial charge in [0.05, 0.1) is 12.0 Å². The molecule has 3 rings (SSSR count). The predicted molar refractivity (Wildman–Crippen MR) is 130 cm³/mol. The zero-order valence-corrected chi connectivity index (χ0v) is 21.3. The van der Waals surface area contributed by atoms with E-state index in [1.54, 1.807) is 19.9 Å². The van der Waals surface area contributed by atoms with Gasteiger partial charge in [-0.2, -0.15) is 8.61 Å². The van der Waals surface area contributed by atoms with Crippen LogP contribution in [0.1, 0.15) is 43.5 Å². The van der Waals surface area contributed by atoms with E-state index in [0.29, 0.717) is 31.9 Å². The van der Waals surface area contributed by atoms with Gasteiger partial charge in [-0.1, -0.05) is 20.3 Å². The second-order valence-corrected chi connectivity index (χ2v) is 11.7. The van der Waals surface area contributed by atoms with Gasteiger partial charge >= 0.3 is 0 Å². The van der Waals surface area contributed by atoms with Crippen LogP contribution in [-0.2, 0) is 20.0 Å². The number of nitrogens with one attached hydrogen (secondary N) is 1. The maximum atomic E-state index is 13.2. The van der Waals surface area contributed by atoms with Crippen LogP contribution in [-0.4, -0.2) is 64.6 Å². The molecule has 34 heavy (non-hydrogen) atoms. The zero-order valence-electron chi connectivity index (χ0n) is 19.7. The third-order valence-corrected chi connectivity index (χ3v) is 9.80. The summed E-state index contributed by atoms with van der Waals surface area (Å²) in [5.41, 5.74) is 0.538. The van der Waals surface area contributed by atoms with Gasteiger partial charge in [0.2, 0.25) is 20.0 Å². The van der Waals surface area contributed by atoms with Crippen LogP contribution in [0.4, 0.5) is 5.69 Å². The first-order valence-electron chi connectivity index (χ1n) is 11.2. The van der Waals surface area contributed by atoms with Crippen LogP contribution < -0.4 is 10.1 Å². The molecule has 0 atom stereocenters. The fourth-order valence-electron chi connectivity index (χ4n) is 3.89. The van der Waals surface area contributed by atoms with E-state index >= 15 is 0 Å². The van der Waals surface area contributed by atoms with Gasteiger partial charge in [-0.15, -0.1) is 0 Å². The Bertz CT molecular complexity index is 1220. The van der Waals surface area contributed by atoms with Gasteiger partial charge in [-0.25, -0.2) is 16.8 Å². The minimum absolute atomic E-state index is 0.00429. The summed E-state index contributed by atoms with van der Waals surface area (Å²) in [5, 5.41) is 2.69. The zero-order chi connectivity index (χ0) is 24.9. The van der Waals surface area contributed by atoms with Crippen molar-refractivity contribution in [2.24, 2.45) is 0 Å². The Hall–Kier alpha value is -2.47. The van der Waals surface area contributed by atoms with Crippen molar-refractivity contribution in [1.82, 2.24) is 8.61 Å². The topological polar surface area (TPSA) is 113 Å². The number of methoxy groups -OCH3 is 1. The SMILES string of the molecule is CCN(CC)S(=O)(=O)c1ccc(C(=O)Nc2ccc(OC)c(S(=O)(=O)N3CCCCC3)c2)cc1. The minimum Gasteiger partial charge on any atom is -0.495 e. The number of carbonyl (C=O) groups is 1. The van der Waals surface area contributed by atoms with Gasteiger partial charge in [0.1, 0.15) is 10.6 Å². The van der Waals surface area contributed by atoms with Crippen LogP contribution in [0, 0.1) is 0 Å². The normalized spacial score (nSPS) is 15.3. The van der Waals surface area contributed by atoms with Crippen molar-refractivity contribution >= 4 is 31.6 Å². The van der Waals surface area contributed by atoms with Crippen molar-refractivity contribution in [2.45, 2.75) is 42.9 Å². The number of hydrogen-bond donors (Lipinski definition) is 1. The van der Waals surface area contributed by atoms with E-state index < -0.39 is 26.0 Å². The van der Waals surface area contributed by atoms with Crippen molar-refractivity contribution < 1.29 is 26.4 Å². The molecule has 9 nitrogen and oxygen atoms in total. The molecule has 2 aromatic carbocycles. The summed E-state index contributed by atoms with van der Waals surface area (Å²) in [7, 11) is -6.00. The number of carbonyl (C=O) groups excluding carboxylic acids is 1. The number of amides is 1. The summed E-state index contributed by atoms with van der Waals surface area (Å²) < 4.78 is 59.7. The van der Waals surface area contributed by atoms with Gasteiger partial charge in [-0.3, -0.25) is 4.79 Å². The van der Waals surface area contributed by atoms with E-state index in [1.165, 1.54) is 52.1 Å². The van der Waals surface area contributed by atoms with Crippen LogP contribution in [0.25, 0.3) is 0 Å². The van der Waals surface area contributed by atoms with Gasteiger partial charge in [0.25, 0.3) is 5.91 Å². The summed E-state index contributed by atoms with van der Waals surface area (Å²) >= 11 is 0. The molecule has 0 aromatic heterocycles. The third kappa shape index (κ3) is 5.43. The minimum atomic E-state index is -3.78. The smallest absolute Gasteiger partial charge is 0.255 e. The number of sulfonamides is 2. The molecule has 0 spiro atoms. The standard InChI is InChI=1S/C23H31N3O6S2/c1-4-25(5-2)33(28,29)20-12-9-18(10-13-20)23(27)24-19-11-14-21(32-3)22(17-19)34(30,31)26-15-7-6-8-16-26/h9-14,17H,4-8,15-16H2,1-3H3,(H,24,27).